The Balaban J connectivity index is 1.87. The van der Waals surface area contributed by atoms with Gasteiger partial charge in [0, 0.05) is 5.56 Å². The van der Waals surface area contributed by atoms with E-state index >= 15 is 0 Å². The summed E-state index contributed by atoms with van der Waals surface area (Å²) in [6, 6.07) is 7.94. The molecule has 1 aromatic rings. The van der Waals surface area contributed by atoms with Gasteiger partial charge in [-0.3, -0.25) is 4.79 Å². The van der Waals surface area contributed by atoms with Crippen molar-refractivity contribution in [3.8, 4) is 0 Å². The predicted octanol–water partition coefficient (Wildman–Crippen LogP) is 6.70. The second-order valence-electron chi connectivity index (χ2n) is 6.36. The maximum atomic E-state index is 11.0. The second kappa shape index (κ2) is 14.8. The van der Waals surface area contributed by atoms with Crippen LogP contribution in [0.2, 0.25) is 0 Å². The Kier molecular flexibility index (Phi) is 13.1. The molecule has 0 N–H and O–H groups in total. The summed E-state index contributed by atoms with van der Waals surface area (Å²) in [5, 5.41) is 0. The number of thioether (sulfide) groups is 1. The van der Waals surface area contributed by atoms with E-state index in [0.717, 1.165) is 24.0 Å². The van der Waals surface area contributed by atoms with Gasteiger partial charge in [0.1, 0.15) is 6.29 Å². The first-order valence-corrected chi connectivity index (χ1v) is 10.6. The van der Waals surface area contributed by atoms with Crippen molar-refractivity contribution >= 4 is 18.0 Å². The molecule has 1 aromatic carbocycles. The fraction of sp³-hybridized carbons (Fsp3) is 0.667. The number of carbonyl (C=O) groups excluding carboxylic acids is 1. The predicted molar refractivity (Wildman–Crippen MR) is 105 cm³/mol. The average molecular weight is 335 g/mol. The first-order chi connectivity index (χ1) is 11.4. The van der Waals surface area contributed by atoms with Crippen molar-refractivity contribution in [2.24, 2.45) is 0 Å². The quantitative estimate of drug-likeness (QED) is 0.262. The van der Waals surface area contributed by atoms with E-state index in [1.807, 2.05) is 30.0 Å². The standard InChI is InChI=1S/C21H34OS/c1-2-3-4-5-6-7-8-9-10-13-17-23-18-16-20-14-11-12-15-21(20)19-22/h11-12,14-15,19H,2-10,13,16-18H2,1H3. The third-order valence-corrected chi connectivity index (χ3v) is 5.41. The first-order valence-electron chi connectivity index (χ1n) is 9.49. The van der Waals surface area contributed by atoms with Crippen LogP contribution in [-0.4, -0.2) is 17.8 Å². The third kappa shape index (κ3) is 10.6. The summed E-state index contributed by atoms with van der Waals surface area (Å²) in [5.41, 5.74) is 2.05. The highest BCUT2D eigenvalue weighted by molar-refractivity contribution is 7.99. The zero-order chi connectivity index (χ0) is 16.6. The number of aldehydes is 1. The van der Waals surface area contributed by atoms with Crippen LogP contribution in [0.5, 0.6) is 0 Å². The molecule has 0 radical (unpaired) electrons. The minimum absolute atomic E-state index is 0.854. The molecule has 23 heavy (non-hydrogen) atoms. The van der Waals surface area contributed by atoms with Gasteiger partial charge >= 0.3 is 0 Å². The zero-order valence-electron chi connectivity index (χ0n) is 14.9. The Morgan fingerprint density at radius 2 is 1.43 bits per heavy atom. The van der Waals surface area contributed by atoms with Crippen LogP contribution in [0.4, 0.5) is 0 Å². The van der Waals surface area contributed by atoms with Crippen LogP contribution in [0, 0.1) is 0 Å². The fourth-order valence-corrected chi connectivity index (χ4v) is 3.83. The summed E-state index contributed by atoms with van der Waals surface area (Å²) in [5.74, 6) is 2.39. The van der Waals surface area contributed by atoms with Crippen LogP contribution < -0.4 is 0 Å². The molecule has 0 bridgehead atoms. The molecule has 0 aromatic heterocycles. The van der Waals surface area contributed by atoms with E-state index in [4.69, 9.17) is 0 Å². The van der Waals surface area contributed by atoms with E-state index in [1.54, 1.807) is 0 Å². The van der Waals surface area contributed by atoms with Crippen LogP contribution >= 0.6 is 11.8 Å². The molecule has 0 aliphatic rings. The normalized spacial score (nSPS) is 10.8. The Morgan fingerprint density at radius 3 is 2.09 bits per heavy atom. The number of aryl methyl sites for hydroxylation is 1. The van der Waals surface area contributed by atoms with Gasteiger partial charge in [0.05, 0.1) is 0 Å². The van der Waals surface area contributed by atoms with Crippen molar-refractivity contribution in [3.63, 3.8) is 0 Å². The molecule has 0 saturated heterocycles. The lowest BCUT2D eigenvalue weighted by atomic mass is 10.1. The van der Waals surface area contributed by atoms with Crippen molar-refractivity contribution in [2.45, 2.75) is 77.6 Å². The smallest absolute Gasteiger partial charge is 0.150 e. The van der Waals surface area contributed by atoms with Gasteiger partial charge in [-0.25, -0.2) is 0 Å². The number of hydrogen-bond acceptors (Lipinski definition) is 2. The maximum absolute atomic E-state index is 11.0. The van der Waals surface area contributed by atoms with Crippen molar-refractivity contribution in [3.05, 3.63) is 35.4 Å². The monoisotopic (exact) mass is 334 g/mol. The molecule has 0 atom stereocenters. The van der Waals surface area contributed by atoms with Crippen LogP contribution in [0.15, 0.2) is 24.3 Å². The van der Waals surface area contributed by atoms with Gasteiger partial charge in [0.2, 0.25) is 0 Å². The van der Waals surface area contributed by atoms with E-state index in [9.17, 15) is 4.79 Å². The lowest BCUT2D eigenvalue weighted by Crippen LogP contribution is -1.95. The van der Waals surface area contributed by atoms with Gasteiger partial charge in [-0.05, 0) is 29.9 Å². The third-order valence-electron chi connectivity index (χ3n) is 4.34. The Bertz CT molecular complexity index is 403. The van der Waals surface area contributed by atoms with Crippen molar-refractivity contribution in [1.82, 2.24) is 0 Å². The summed E-state index contributed by atoms with van der Waals surface area (Å²) in [7, 11) is 0. The molecule has 1 nitrogen and oxygen atoms in total. The number of rotatable bonds is 15. The van der Waals surface area contributed by atoms with E-state index in [2.05, 4.69) is 13.0 Å². The van der Waals surface area contributed by atoms with Gasteiger partial charge in [-0.15, -0.1) is 0 Å². The largest absolute Gasteiger partial charge is 0.298 e. The second-order valence-corrected chi connectivity index (χ2v) is 7.59. The molecular formula is C21H34OS. The summed E-state index contributed by atoms with van der Waals surface area (Å²) in [4.78, 5) is 11.0. The topological polar surface area (TPSA) is 17.1 Å². The van der Waals surface area contributed by atoms with Gasteiger partial charge in [-0.2, -0.15) is 11.8 Å². The molecule has 130 valence electrons. The van der Waals surface area contributed by atoms with Gasteiger partial charge in [0.25, 0.3) is 0 Å². The number of hydrogen-bond donors (Lipinski definition) is 0. The molecular weight excluding hydrogens is 300 g/mol. The van der Waals surface area contributed by atoms with Crippen molar-refractivity contribution in [2.75, 3.05) is 11.5 Å². The van der Waals surface area contributed by atoms with E-state index in [0.29, 0.717) is 0 Å². The highest BCUT2D eigenvalue weighted by Crippen LogP contribution is 2.14. The minimum atomic E-state index is 0.854. The van der Waals surface area contributed by atoms with Gasteiger partial charge in [0.15, 0.2) is 0 Å². The summed E-state index contributed by atoms with van der Waals surface area (Å²) in [6.45, 7) is 2.28. The number of benzene rings is 1. The molecule has 2 heteroatoms. The van der Waals surface area contributed by atoms with E-state index in [1.165, 1.54) is 75.5 Å². The van der Waals surface area contributed by atoms with Gasteiger partial charge in [-0.1, -0.05) is 89.0 Å². The summed E-state index contributed by atoms with van der Waals surface area (Å²) < 4.78 is 0. The van der Waals surface area contributed by atoms with Crippen molar-refractivity contribution in [1.29, 1.82) is 0 Å². The first kappa shape index (κ1) is 20.3. The van der Waals surface area contributed by atoms with Crippen LogP contribution in [-0.2, 0) is 6.42 Å². The maximum Gasteiger partial charge on any atom is 0.150 e. The highest BCUT2D eigenvalue weighted by atomic mass is 32.2. The lowest BCUT2D eigenvalue weighted by molar-refractivity contribution is 0.112. The molecule has 0 aliphatic heterocycles. The van der Waals surface area contributed by atoms with Crippen LogP contribution in [0.1, 0.15) is 87.1 Å². The van der Waals surface area contributed by atoms with Crippen LogP contribution in [0.25, 0.3) is 0 Å². The highest BCUT2D eigenvalue weighted by Gasteiger charge is 2.00. The summed E-state index contributed by atoms with van der Waals surface area (Å²) in [6.07, 6.45) is 16.0. The van der Waals surface area contributed by atoms with E-state index < -0.39 is 0 Å². The molecule has 0 fully saturated rings. The molecule has 0 aliphatic carbocycles. The number of unbranched alkanes of at least 4 members (excludes halogenated alkanes) is 9. The molecule has 0 unspecified atom stereocenters. The molecule has 0 heterocycles. The Labute approximate surface area is 147 Å². The van der Waals surface area contributed by atoms with Crippen LogP contribution in [0.3, 0.4) is 0 Å². The van der Waals surface area contributed by atoms with Gasteiger partial charge < -0.3 is 0 Å². The molecule has 0 spiro atoms. The number of carbonyl (C=O) groups is 1. The Hall–Kier alpha value is -0.760. The zero-order valence-corrected chi connectivity index (χ0v) is 15.7. The molecule has 0 amide bonds. The fourth-order valence-electron chi connectivity index (χ4n) is 2.85. The SMILES string of the molecule is CCCCCCCCCCCCSCCc1ccccc1C=O. The Morgan fingerprint density at radius 1 is 0.826 bits per heavy atom. The summed E-state index contributed by atoms with van der Waals surface area (Å²) >= 11 is 2.03. The van der Waals surface area contributed by atoms with E-state index in [-0.39, 0.29) is 0 Å². The lowest BCUT2D eigenvalue weighted by Gasteiger charge is -2.05. The molecule has 1 rings (SSSR count). The van der Waals surface area contributed by atoms with Crippen molar-refractivity contribution < 1.29 is 4.79 Å². The molecule has 0 saturated carbocycles. The average Bonchev–Trinajstić information content (AvgIpc) is 2.59. The minimum Gasteiger partial charge on any atom is -0.298 e.